The van der Waals surface area contributed by atoms with Crippen molar-refractivity contribution in [3.8, 4) is 0 Å². The average molecular weight is 1400 g/mol. The van der Waals surface area contributed by atoms with Crippen LogP contribution in [0, 0.1) is 0 Å². The van der Waals surface area contributed by atoms with Gasteiger partial charge in [-0.25, -0.2) is 0 Å². The van der Waals surface area contributed by atoms with E-state index in [9.17, 15) is 19.0 Å². The first-order chi connectivity index (χ1) is 49.0. The lowest BCUT2D eigenvalue weighted by atomic mass is 10.0. The number of rotatable bonds is 71. The normalized spacial score (nSPS) is 14.2. The predicted molar refractivity (Wildman–Crippen MR) is 433 cm³/mol. The molecule has 2 unspecified atom stereocenters. The minimum absolute atomic E-state index is 0.0423. The van der Waals surface area contributed by atoms with E-state index in [1.165, 1.54) is 103 Å². The van der Waals surface area contributed by atoms with Crippen LogP contribution in [0.5, 0.6) is 0 Å². The lowest BCUT2D eigenvalue weighted by Gasteiger charge is -2.28. The number of likely N-dealkylation sites (N-methyl/N-ethyl adjacent to an activating group) is 1. The first-order valence-electron chi connectivity index (χ1n) is 39.8. The monoisotopic (exact) mass is 1400 g/mol. The van der Waals surface area contributed by atoms with Crippen molar-refractivity contribution >= 4 is 19.8 Å². The SMILES string of the molecule is CC/C=C\C/C=C\C/C=C\C/C=C\C/C=C\C/C=C\C/C=C\C/C=C\C/C=C\CCCCCCCCCC(=O)OC(COC(=O)CCCCCCCCCCCCCCCCCC/C=C\C/C=C\C/C=C\C/C=C\C/C=C\C/C=C\C/C=C\C/C=C\CC)COP(=O)([O-])OCC[N+](C)(C)C. The smallest absolute Gasteiger partial charge is 0.306 e. The molecule has 0 N–H and O–H groups in total. The second kappa shape index (κ2) is 77.7. The van der Waals surface area contributed by atoms with Gasteiger partial charge in [0.25, 0.3) is 7.82 Å². The van der Waals surface area contributed by atoms with Crippen LogP contribution in [0.2, 0.25) is 0 Å². The number of allylic oxidation sites excluding steroid dienone is 34. The zero-order valence-corrected chi connectivity index (χ0v) is 65.2. The van der Waals surface area contributed by atoms with E-state index in [4.69, 9.17) is 18.5 Å². The number of carbonyl (C=O) groups excluding carboxylic acids is 2. The van der Waals surface area contributed by atoms with Crippen LogP contribution in [-0.2, 0) is 32.7 Å². The molecule has 0 amide bonds. The van der Waals surface area contributed by atoms with E-state index >= 15 is 0 Å². The van der Waals surface area contributed by atoms with Gasteiger partial charge in [0.2, 0.25) is 0 Å². The number of ether oxygens (including phenoxy) is 2. The summed E-state index contributed by atoms with van der Waals surface area (Å²) in [6.07, 6.45) is 122. The molecule has 100 heavy (non-hydrogen) atoms. The first kappa shape index (κ1) is 94.6. The minimum atomic E-state index is -4.66. The maximum atomic E-state index is 12.9. The summed E-state index contributed by atoms with van der Waals surface area (Å²) < 4.78 is 34.4. The zero-order valence-electron chi connectivity index (χ0n) is 64.3. The summed E-state index contributed by atoms with van der Waals surface area (Å²) in [6, 6.07) is 0. The maximum Gasteiger partial charge on any atom is 0.306 e. The summed E-state index contributed by atoms with van der Waals surface area (Å²) in [5.41, 5.74) is 0. The maximum absolute atomic E-state index is 12.9. The summed E-state index contributed by atoms with van der Waals surface area (Å²) >= 11 is 0. The molecule has 0 heterocycles. The molecule has 0 bridgehead atoms. The number of quaternary nitrogens is 1. The third kappa shape index (κ3) is 81.6. The molecule has 0 fully saturated rings. The highest BCUT2D eigenvalue weighted by atomic mass is 31.2. The molecule has 0 saturated carbocycles. The molecular weight excluding hydrogens is 1250 g/mol. The Labute approximate surface area is 615 Å². The Morgan fingerprint density at radius 2 is 0.540 bits per heavy atom. The molecule has 0 aromatic carbocycles. The van der Waals surface area contributed by atoms with Gasteiger partial charge in [-0.3, -0.25) is 14.2 Å². The van der Waals surface area contributed by atoms with Gasteiger partial charge in [-0.1, -0.05) is 342 Å². The molecule has 0 radical (unpaired) electrons. The molecule has 0 spiro atoms. The van der Waals surface area contributed by atoms with Gasteiger partial charge in [0.15, 0.2) is 6.10 Å². The van der Waals surface area contributed by atoms with Crippen LogP contribution in [-0.4, -0.2) is 70.0 Å². The summed E-state index contributed by atoms with van der Waals surface area (Å²) in [5.74, 6) is -0.853. The highest BCUT2D eigenvalue weighted by molar-refractivity contribution is 7.45. The van der Waals surface area contributed by atoms with Crippen LogP contribution < -0.4 is 4.89 Å². The summed E-state index contributed by atoms with van der Waals surface area (Å²) in [4.78, 5) is 38.2. The molecule has 9 nitrogen and oxygen atoms in total. The van der Waals surface area contributed by atoms with Crippen molar-refractivity contribution in [2.75, 3.05) is 47.5 Å². The summed E-state index contributed by atoms with van der Waals surface area (Å²) in [7, 11) is 1.14. The van der Waals surface area contributed by atoms with Gasteiger partial charge in [0, 0.05) is 12.8 Å². The highest BCUT2D eigenvalue weighted by Gasteiger charge is 2.22. The van der Waals surface area contributed by atoms with E-state index in [2.05, 4.69) is 220 Å². The van der Waals surface area contributed by atoms with E-state index in [-0.39, 0.29) is 26.1 Å². The number of esters is 2. The fourth-order valence-electron chi connectivity index (χ4n) is 10.3. The number of phosphoric ester groups is 1. The summed E-state index contributed by atoms with van der Waals surface area (Å²) in [6.45, 7) is 3.99. The van der Waals surface area contributed by atoms with Gasteiger partial charge in [0.05, 0.1) is 27.7 Å². The Morgan fingerprint density at radius 1 is 0.310 bits per heavy atom. The predicted octanol–water partition coefficient (Wildman–Crippen LogP) is 26.3. The second-order valence-corrected chi connectivity index (χ2v) is 28.4. The largest absolute Gasteiger partial charge is 0.756 e. The Morgan fingerprint density at radius 3 is 0.800 bits per heavy atom. The number of carbonyl (C=O) groups is 2. The Bertz CT molecular complexity index is 2450. The van der Waals surface area contributed by atoms with E-state index in [1.54, 1.807) is 0 Å². The topological polar surface area (TPSA) is 111 Å². The van der Waals surface area contributed by atoms with Gasteiger partial charge in [-0.15, -0.1) is 0 Å². The van der Waals surface area contributed by atoms with Gasteiger partial charge in [-0.05, 0) is 148 Å². The van der Waals surface area contributed by atoms with E-state index in [0.29, 0.717) is 17.4 Å². The molecule has 0 aromatic rings. The lowest BCUT2D eigenvalue weighted by Crippen LogP contribution is -2.37. The average Bonchev–Trinajstić information content (AvgIpc) is 1.65. The molecule has 0 aliphatic carbocycles. The fraction of sp³-hybridized carbons (Fsp3) is 0.600. The first-order valence-corrected chi connectivity index (χ1v) is 41.3. The van der Waals surface area contributed by atoms with Crippen LogP contribution >= 0.6 is 7.82 Å². The second-order valence-electron chi connectivity index (χ2n) is 27.0. The Hall–Kier alpha value is -5.41. The van der Waals surface area contributed by atoms with Crippen molar-refractivity contribution in [3.63, 3.8) is 0 Å². The van der Waals surface area contributed by atoms with Crippen LogP contribution in [0.15, 0.2) is 207 Å². The van der Waals surface area contributed by atoms with Gasteiger partial charge in [-0.2, -0.15) is 0 Å². The molecule has 0 rings (SSSR count). The van der Waals surface area contributed by atoms with Crippen LogP contribution in [0.1, 0.15) is 296 Å². The summed E-state index contributed by atoms with van der Waals surface area (Å²) in [5, 5.41) is 0. The van der Waals surface area contributed by atoms with Crippen LogP contribution in [0.3, 0.4) is 0 Å². The van der Waals surface area contributed by atoms with E-state index < -0.39 is 32.5 Å². The number of hydrogen-bond donors (Lipinski definition) is 0. The molecule has 564 valence electrons. The van der Waals surface area contributed by atoms with Gasteiger partial charge < -0.3 is 27.9 Å². The number of phosphoric acid groups is 1. The lowest BCUT2D eigenvalue weighted by molar-refractivity contribution is -0.870. The molecule has 0 aliphatic heterocycles. The number of nitrogens with zero attached hydrogens (tertiary/aromatic N) is 1. The molecule has 10 heteroatoms. The fourth-order valence-corrected chi connectivity index (χ4v) is 11.0. The third-order valence-electron chi connectivity index (χ3n) is 16.3. The van der Waals surface area contributed by atoms with Crippen LogP contribution in [0.25, 0.3) is 0 Å². The highest BCUT2D eigenvalue weighted by Crippen LogP contribution is 2.38. The quantitative estimate of drug-likeness (QED) is 0.0195. The van der Waals surface area contributed by atoms with Crippen molar-refractivity contribution in [2.45, 2.75) is 302 Å². The standard InChI is InChI=1S/C90H146NO8P/c1-6-8-10-12-14-16-18-20-22-24-26-28-30-32-34-36-38-40-42-43-44-45-46-47-49-50-52-54-56-58-60-62-64-66-68-70-72-74-76-78-80-82-89(92)96-86-88(87-98-100(94,95)97-85-84-91(3,4)5)99-90(93)83-81-79-77-75-73-71-69-67-65-63-61-59-57-55-53-51-48-41-39-37-35-33-31-29-27-25-23-21-19-17-15-13-11-9-7-2/h8-11,14-17,20-23,26-29,32-35,38-41,43-44,46-47,51,53,57,59,63,65,88H,6-7,12-13,18-19,24-25,30-31,36-37,42,45,48-50,52,54-56,58,60-62,64,66-87H2,1-5H3/b10-8-,11-9-,16-14-,17-15-,22-20-,23-21-,28-26-,29-27-,34-32-,35-33-,40-38-,41-39-,44-43-,47-46-,53-51-,59-57-,65-63-. The minimum Gasteiger partial charge on any atom is -0.756 e. The Kier molecular flexibility index (Phi) is 73.5. The van der Waals surface area contributed by atoms with E-state index in [1.807, 2.05) is 21.1 Å². The third-order valence-corrected chi connectivity index (χ3v) is 17.3. The van der Waals surface area contributed by atoms with Gasteiger partial charge in [0.1, 0.15) is 19.8 Å². The Balaban J connectivity index is 4.07. The van der Waals surface area contributed by atoms with Crippen molar-refractivity contribution in [1.29, 1.82) is 0 Å². The van der Waals surface area contributed by atoms with Crippen molar-refractivity contribution < 1.29 is 42.1 Å². The molecular formula is C90H146NO8P. The van der Waals surface area contributed by atoms with Crippen molar-refractivity contribution in [2.24, 2.45) is 0 Å². The zero-order chi connectivity index (χ0) is 72.5. The molecule has 0 saturated heterocycles. The number of unbranched alkanes of at least 4 members (excludes halogenated alkanes) is 23. The molecule has 0 aromatic heterocycles. The number of hydrogen-bond acceptors (Lipinski definition) is 8. The molecule has 2 atom stereocenters. The van der Waals surface area contributed by atoms with Crippen LogP contribution in [0.4, 0.5) is 0 Å². The van der Waals surface area contributed by atoms with Crippen molar-refractivity contribution in [1.82, 2.24) is 0 Å². The van der Waals surface area contributed by atoms with Crippen molar-refractivity contribution in [3.05, 3.63) is 207 Å². The molecule has 0 aliphatic rings. The van der Waals surface area contributed by atoms with Gasteiger partial charge >= 0.3 is 11.9 Å². The van der Waals surface area contributed by atoms with E-state index in [0.717, 1.165) is 161 Å².